The van der Waals surface area contributed by atoms with Gasteiger partial charge in [-0.05, 0) is 58.0 Å². The number of nitrogens with zero attached hydrogens (tertiary/aromatic N) is 1. The summed E-state index contributed by atoms with van der Waals surface area (Å²) in [5.41, 5.74) is 1.07. The van der Waals surface area contributed by atoms with E-state index in [0.717, 1.165) is 0 Å². The van der Waals surface area contributed by atoms with Crippen molar-refractivity contribution in [2.24, 2.45) is 5.41 Å². The Morgan fingerprint density at radius 1 is 1.00 bits per heavy atom. The molecule has 14 heavy (non-hydrogen) atoms. The van der Waals surface area contributed by atoms with Crippen LogP contribution in [0.4, 0.5) is 0 Å². The molecule has 0 N–H and O–H groups in total. The van der Waals surface area contributed by atoms with Crippen LogP contribution in [0.15, 0.2) is 0 Å². The lowest BCUT2D eigenvalue weighted by atomic mass is 9.69. The van der Waals surface area contributed by atoms with E-state index < -0.39 is 0 Å². The predicted octanol–water partition coefficient (Wildman–Crippen LogP) is 3.69. The van der Waals surface area contributed by atoms with Gasteiger partial charge >= 0.3 is 0 Å². The maximum absolute atomic E-state index is 2.57. The lowest BCUT2D eigenvalue weighted by Crippen LogP contribution is -2.48. The van der Waals surface area contributed by atoms with Crippen LogP contribution in [0.5, 0.6) is 0 Å². The van der Waals surface area contributed by atoms with Crippen molar-refractivity contribution in [1.82, 2.24) is 4.90 Å². The fourth-order valence-corrected chi connectivity index (χ4v) is 2.45. The van der Waals surface area contributed by atoms with Crippen molar-refractivity contribution in [3.05, 3.63) is 0 Å². The summed E-state index contributed by atoms with van der Waals surface area (Å²) >= 11 is 0. The summed E-state index contributed by atoms with van der Waals surface area (Å²) in [7, 11) is 2.29. The van der Waals surface area contributed by atoms with Crippen molar-refractivity contribution in [2.45, 2.75) is 65.3 Å². The molecule has 0 amide bonds. The van der Waals surface area contributed by atoms with E-state index in [1.807, 2.05) is 0 Å². The molecule has 0 heterocycles. The maximum Gasteiger partial charge on any atom is 0.0178 e. The van der Waals surface area contributed by atoms with Gasteiger partial charge in [0, 0.05) is 5.54 Å². The Kier molecular flexibility index (Phi) is 3.63. The van der Waals surface area contributed by atoms with Crippen LogP contribution in [0.3, 0.4) is 0 Å². The molecule has 0 aliphatic heterocycles. The summed E-state index contributed by atoms with van der Waals surface area (Å²) < 4.78 is 0. The summed E-state index contributed by atoms with van der Waals surface area (Å²) in [6.07, 6.45) is 6.79. The van der Waals surface area contributed by atoms with Crippen LogP contribution in [0, 0.1) is 5.41 Å². The van der Waals surface area contributed by atoms with Crippen molar-refractivity contribution in [1.29, 1.82) is 0 Å². The number of rotatable bonds is 3. The Morgan fingerprint density at radius 3 is 1.93 bits per heavy atom. The lowest BCUT2D eigenvalue weighted by Gasteiger charge is -2.46. The molecule has 0 saturated heterocycles. The molecule has 0 aromatic heterocycles. The van der Waals surface area contributed by atoms with Crippen molar-refractivity contribution < 1.29 is 0 Å². The fourth-order valence-electron chi connectivity index (χ4n) is 2.45. The Hall–Kier alpha value is -0.0400. The molecule has 0 bridgehead atoms. The van der Waals surface area contributed by atoms with E-state index in [4.69, 9.17) is 0 Å². The van der Waals surface area contributed by atoms with E-state index in [2.05, 4.69) is 39.6 Å². The molecule has 1 heteroatoms. The minimum absolute atomic E-state index is 0.478. The molecule has 0 aromatic carbocycles. The first kappa shape index (κ1) is 12.0. The second-order valence-corrected chi connectivity index (χ2v) is 6.08. The Bertz CT molecular complexity index is 174. The summed E-state index contributed by atoms with van der Waals surface area (Å²) in [5, 5.41) is 0. The van der Waals surface area contributed by atoms with Gasteiger partial charge < -0.3 is 4.90 Å². The van der Waals surface area contributed by atoms with Crippen molar-refractivity contribution in [3.63, 3.8) is 0 Å². The van der Waals surface area contributed by atoms with Gasteiger partial charge in [0.15, 0.2) is 0 Å². The van der Waals surface area contributed by atoms with Gasteiger partial charge in [0.2, 0.25) is 0 Å². The zero-order valence-electron chi connectivity index (χ0n) is 10.7. The van der Waals surface area contributed by atoms with Crippen LogP contribution >= 0.6 is 0 Å². The van der Waals surface area contributed by atoms with E-state index in [0.29, 0.717) is 11.0 Å². The van der Waals surface area contributed by atoms with E-state index in [-0.39, 0.29) is 0 Å². The number of hydrogen-bond donors (Lipinski definition) is 0. The lowest BCUT2D eigenvalue weighted by molar-refractivity contribution is 0.0497. The van der Waals surface area contributed by atoms with E-state index in [9.17, 15) is 0 Å². The summed E-state index contributed by atoms with van der Waals surface area (Å²) in [4.78, 5) is 2.57. The van der Waals surface area contributed by atoms with Crippen molar-refractivity contribution >= 4 is 0 Å². The quantitative estimate of drug-likeness (QED) is 0.667. The number of hydrogen-bond acceptors (Lipinski definition) is 1. The third kappa shape index (κ3) is 2.73. The van der Waals surface area contributed by atoms with Crippen LogP contribution in [-0.2, 0) is 0 Å². The largest absolute Gasteiger partial charge is 0.301 e. The van der Waals surface area contributed by atoms with E-state index in [1.165, 1.54) is 38.6 Å². The second-order valence-electron chi connectivity index (χ2n) is 6.08. The van der Waals surface area contributed by atoms with E-state index >= 15 is 0 Å². The zero-order chi connectivity index (χ0) is 10.8. The highest BCUT2D eigenvalue weighted by molar-refractivity contribution is 4.92. The summed E-state index contributed by atoms with van der Waals surface area (Å²) in [5.74, 6) is 0. The molecule has 0 atom stereocenters. The highest BCUT2D eigenvalue weighted by atomic mass is 15.2. The van der Waals surface area contributed by atoms with Crippen LogP contribution in [0.25, 0.3) is 0 Å². The molecule has 1 aliphatic carbocycles. The molecular formula is C13H27N. The molecule has 1 saturated carbocycles. The van der Waals surface area contributed by atoms with Crippen LogP contribution in [-0.4, -0.2) is 24.0 Å². The Labute approximate surface area is 89.9 Å². The van der Waals surface area contributed by atoms with Gasteiger partial charge in [-0.1, -0.05) is 20.8 Å². The van der Waals surface area contributed by atoms with Gasteiger partial charge in [-0.15, -0.1) is 0 Å². The third-order valence-electron chi connectivity index (χ3n) is 4.16. The normalized spacial score (nSPS) is 25.3. The third-order valence-corrected chi connectivity index (χ3v) is 4.16. The van der Waals surface area contributed by atoms with Crippen molar-refractivity contribution in [2.75, 3.05) is 13.6 Å². The zero-order valence-corrected chi connectivity index (χ0v) is 10.7. The molecule has 0 aromatic rings. The average molecular weight is 197 g/mol. The molecule has 1 fully saturated rings. The maximum atomic E-state index is 2.57. The Morgan fingerprint density at radius 2 is 1.50 bits per heavy atom. The first-order chi connectivity index (χ1) is 6.40. The molecule has 1 nitrogen and oxygen atoms in total. The molecular weight excluding hydrogens is 170 g/mol. The van der Waals surface area contributed by atoms with Gasteiger partial charge in [0.05, 0.1) is 0 Å². The van der Waals surface area contributed by atoms with Gasteiger partial charge in [0.1, 0.15) is 0 Å². The highest BCUT2D eigenvalue weighted by Crippen LogP contribution is 2.42. The first-order valence-corrected chi connectivity index (χ1v) is 6.11. The Balaban J connectivity index is 2.52. The summed E-state index contributed by atoms with van der Waals surface area (Å²) in [6, 6.07) is 0. The van der Waals surface area contributed by atoms with Gasteiger partial charge in [-0.3, -0.25) is 0 Å². The molecule has 1 aliphatic rings. The highest BCUT2D eigenvalue weighted by Gasteiger charge is 2.36. The van der Waals surface area contributed by atoms with Crippen LogP contribution in [0.1, 0.15) is 59.8 Å². The topological polar surface area (TPSA) is 3.24 Å². The predicted molar refractivity (Wildman–Crippen MR) is 63.6 cm³/mol. The molecule has 0 unspecified atom stereocenters. The summed E-state index contributed by atoms with van der Waals surface area (Å²) in [6.45, 7) is 10.8. The molecule has 84 valence electrons. The minimum Gasteiger partial charge on any atom is -0.301 e. The van der Waals surface area contributed by atoms with Crippen molar-refractivity contribution in [3.8, 4) is 0 Å². The fraction of sp³-hybridized carbons (Fsp3) is 1.00. The van der Waals surface area contributed by atoms with E-state index in [1.54, 1.807) is 0 Å². The SMILES string of the molecule is CCCN(C)C1(C)CCC(C)(C)CC1. The molecule has 0 radical (unpaired) electrons. The molecule has 1 rings (SSSR count). The molecule has 0 spiro atoms. The standard InChI is InChI=1S/C13H27N/c1-6-11-14(5)13(4)9-7-12(2,3)8-10-13/h6-11H2,1-5H3. The van der Waals surface area contributed by atoms with Crippen LogP contribution in [0.2, 0.25) is 0 Å². The average Bonchev–Trinajstić information content (AvgIpc) is 2.11. The van der Waals surface area contributed by atoms with Gasteiger partial charge in [-0.2, -0.15) is 0 Å². The monoisotopic (exact) mass is 197 g/mol. The minimum atomic E-state index is 0.478. The van der Waals surface area contributed by atoms with Gasteiger partial charge in [-0.25, -0.2) is 0 Å². The van der Waals surface area contributed by atoms with Crippen LogP contribution < -0.4 is 0 Å². The first-order valence-electron chi connectivity index (χ1n) is 6.11. The second kappa shape index (κ2) is 4.22. The van der Waals surface area contributed by atoms with Gasteiger partial charge in [0.25, 0.3) is 0 Å². The smallest absolute Gasteiger partial charge is 0.0178 e.